The van der Waals surface area contributed by atoms with Crippen LogP contribution >= 0.6 is 0 Å². The number of nitrogens with one attached hydrogen (secondary N) is 1. The van der Waals surface area contributed by atoms with E-state index in [-0.39, 0.29) is 17.0 Å². The average molecular weight is 418 g/mol. The molecule has 0 aliphatic rings. The Morgan fingerprint density at radius 3 is 2.03 bits per heavy atom. The average Bonchev–Trinajstić information content (AvgIpc) is 3.05. The van der Waals surface area contributed by atoms with Gasteiger partial charge in [-0.3, -0.25) is 0 Å². The van der Waals surface area contributed by atoms with Gasteiger partial charge in [-0.2, -0.15) is 36.0 Å². The van der Waals surface area contributed by atoms with Crippen LogP contribution < -0.4 is 5.32 Å². The molecule has 0 fully saturated rings. The summed E-state index contributed by atoms with van der Waals surface area (Å²) in [5, 5.41) is 17.1. The van der Waals surface area contributed by atoms with Crippen molar-refractivity contribution in [3.05, 3.63) is 59.4 Å². The van der Waals surface area contributed by atoms with Crippen molar-refractivity contribution in [2.75, 3.05) is 5.32 Å². The summed E-state index contributed by atoms with van der Waals surface area (Å²) in [7, 11) is 0. The van der Waals surface area contributed by atoms with Crippen LogP contribution in [0.15, 0.2) is 42.7 Å². The van der Waals surface area contributed by atoms with E-state index in [0.717, 1.165) is 47.2 Å². The Balaban J connectivity index is 2.06. The lowest BCUT2D eigenvalue weighted by molar-refractivity contribution is -0.138. The van der Waals surface area contributed by atoms with Crippen molar-refractivity contribution in [2.45, 2.75) is 37.8 Å². The maximum Gasteiger partial charge on any atom is 0.416 e. The van der Waals surface area contributed by atoms with Crippen LogP contribution in [0.2, 0.25) is 0 Å². The Kier molecular flexibility index (Phi) is 4.98. The summed E-state index contributed by atoms with van der Waals surface area (Å²) in [6, 6.07) is 4.57. The molecule has 3 rings (SSSR count). The lowest BCUT2D eigenvalue weighted by atomic mass is 9.91. The van der Waals surface area contributed by atoms with Crippen LogP contribution in [0.1, 0.15) is 36.6 Å². The molecule has 0 amide bonds. The fourth-order valence-corrected chi connectivity index (χ4v) is 2.87. The zero-order chi connectivity index (χ0) is 21.6. The number of anilines is 1. The molecule has 156 valence electrons. The Bertz CT molecular complexity index is 1000. The first-order valence-corrected chi connectivity index (χ1v) is 8.34. The molecule has 2 aromatic heterocycles. The number of hydrogen-bond donors (Lipinski definition) is 2. The Hall–Kier alpha value is -2.82. The normalized spacial score (nSPS) is 14.2. The molecule has 0 aliphatic carbocycles. The molecule has 2 N–H and O–H groups in total. The van der Waals surface area contributed by atoms with Crippen LogP contribution in [-0.4, -0.2) is 25.3 Å². The molecule has 1 unspecified atom stereocenters. The fraction of sp³-hybridized carbons (Fsp3) is 0.333. The van der Waals surface area contributed by atoms with Gasteiger partial charge in [0.1, 0.15) is 12.1 Å². The Morgan fingerprint density at radius 1 is 0.931 bits per heavy atom. The van der Waals surface area contributed by atoms with Gasteiger partial charge in [0, 0.05) is 0 Å². The minimum absolute atomic E-state index is 0.0794. The van der Waals surface area contributed by atoms with Gasteiger partial charge in [-0.05, 0) is 43.7 Å². The molecule has 1 atom stereocenters. The standard InChI is InChI=1S/C18H16F6N4O/c1-16(2,29)15(10-3-5-11(6-4-10)17(19,20)21)27-14-8-12(18(22,23)24)7-13-25-9-26-28(13)14/h3-9,15,27,29H,1-2H3. The summed E-state index contributed by atoms with van der Waals surface area (Å²) in [5.41, 5.74) is -3.24. The molecule has 0 saturated carbocycles. The number of rotatable bonds is 4. The first kappa shape index (κ1) is 20.9. The summed E-state index contributed by atoms with van der Waals surface area (Å²) in [5.74, 6) is -0.126. The number of halogens is 6. The number of pyridine rings is 1. The predicted molar refractivity (Wildman–Crippen MR) is 92.1 cm³/mol. The predicted octanol–water partition coefficient (Wildman–Crippen LogP) is 4.69. The first-order valence-electron chi connectivity index (χ1n) is 8.34. The fourth-order valence-electron chi connectivity index (χ4n) is 2.87. The van der Waals surface area contributed by atoms with Crippen molar-refractivity contribution >= 4 is 11.5 Å². The van der Waals surface area contributed by atoms with Crippen LogP contribution in [0, 0.1) is 0 Å². The van der Waals surface area contributed by atoms with Crippen LogP contribution in [0.5, 0.6) is 0 Å². The number of aromatic nitrogens is 3. The van der Waals surface area contributed by atoms with E-state index in [9.17, 15) is 31.4 Å². The molecule has 0 saturated heterocycles. The number of hydrogen-bond acceptors (Lipinski definition) is 4. The highest BCUT2D eigenvalue weighted by Crippen LogP contribution is 2.36. The molecule has 11 heteroatoms. The van der Waals surface area contributed by atoms with E-state index >= 15 is 0 Å². The third-order valence-corrected chi connectivity index (χ3v) is 4.28. The summed E-state index contributed by atoms with van der Waals surface area (Å²) < 4.78 is 79.2. The zero-order valence-corrected chi connectivity index (χ0v) is 15.2. The van der Waals surface area contributed by atoms with Gasteiger partial charge in [-0.1, -0.05) is 12.1 Å². The van der Waals surface area contributed by atoms with Gasteiger partial charge in [0.05, 0.1) is 22.8 Å². The van der Waals surface area contributed by atoms with E-state index in [0.29, 0.717) is 0 Å². The zero-order valence-electron chi connectivity index (χ0n) is 15.2. The highest BCUT2D eigenvalue weighted by molar-refractivity contribution is 5.54. The van der Waals surface area contributed by atoms with E-state index in [1.807, 2.05) is 0 Å². The number of nitrogens with zero attached hydrogens (tertiary/aromatic N) is 3. The summed E-state index contributed by atoms with van der Waals surface area (Å²) in [6.45, 7) is 2.77. The smallest absolute Gasteiger partial charge is 0.388 e. The minimum atomic E-state index is -4.65. The summed E-state index contributed by atoms with van der Waals surface area (Å²) in [6.07, 6.45) is -8.12. The largest absolute Gasteiger partial charge is 0.416 e. The summed E-state index contributed by atoms with van der Waals surface area (Å²) >= 11 is 0. The van der Waals surface area contributed by atoms with Gasteiger partial charge in [-0.15, -0.1) is 0 Å². The molecule has 2 heterocycles. The molecule has 5 nitrogen and oxygen atoms in total. The second-order valence-corrected chi connectivity index (χ2v) is 7.01. The highest BCUT2D eigenvalue weighted by Gasteiger charge is 2.35. The molecule has 29 heavy (non-hydrogen) atoms. The third kappa shape index (κ3) is 4.44. The number of aliphatic hydroxyl groups is 1. The van der Waals surface area contributed by atoms with E-state index in [1.165, 1.54) is 13.8 Å². The highest BCUT2D eigenvalue weighted by atomic mass is 19.4. The van der Waals surface area contributed by atoms with Gasteiger partial charge in [0.15, 0.2) is 5.65 Å². The van der Waals surface area contributed by atoms with Gasteiger partial charge in [0.2, 0.25) is 0 Å². The lowest BCUT2D eigenvalue weighted by Crippen LogP contribution is -2.35. The molecular weight excluding hydrogens is 402 g/mol. The van der Waals surface area contributed by atoms with Gasteiger partial charge >= 0.3 is 12.4 Å². The van der Waals surface area contributed by atoms with Crippen molar-refractivity contribution < 1.29 is 31.4 Å². The second kappa shape index (κ2) is 6.90. The molecule has 0 bridgehead atoms. The maximum atomic E-state index is 13.2. The SMILES string of the molecule is CC(C)(O)C(Nc1cc(C(F)(F)F)cc2ncnn12)c1ccc(C(F)(F)F)cc1. The van der Waals surface area contributed by atoms with E-state index < -0.39 is 35.1 Å². The molecule has 0 aliphatic heterocycles. The van der Waals surface area contributed by atoms with E-state index in [4.69, 9.17) is 0 Å². The van der Waals surface area contributed by atoms with Gasteiger partial charge < -0.3 is 10.4 Å². The molecule has 0 spiro atoms. The molecule has 0 radical (unpaired) electrons. The summed E-state index contributed by atoms with van der Waals surface area (Å²) in [4.78, 5) is 3.76. The monoisotopic (exact) mass is 418 g/mol. The Labute approximate surface area is 161 Å². The van der Waals surface area contributed by atoms with Gasteiger partial charge in [-0.25, -0.2) is 4.98 Å². The maximum absolute atomic E-state index is 13.2. The van der Waals surface area contributed by atoms with Crippen molar-refractivity contribution in [1.82, 2.24) is 14.6 Å². The molecule has 1 aromatic carbocycles. The van der Waals surface area contributed by atoms with E-state index in [2.05, 4.69) is 15.4 Å². The van der Waals surface area contributed by atoms with Gasteiger partial charge in [0.25, 0.3) is 0 Å². The van der Waals surface area contributed by atoms with Crippen molar-refractivity contribution in [2.24, 2.45) is 0 Å². The van der Waals surface area contributed by atoms with Crippen molar-refractivity contribution in [3.63, 3.8) is 0 Å². The molecule has 3 aromatic rings. The topological polar surface area (TPSA) is 62.5 Å². The minimum Gasteiger partial charge on any atom is -0.388 e. The number of alkyl halides is 6. The molecular formula is C18H16F6N4O. The van der Waals surface area contributed by atoms with Crippen molar-refractivity contribution in [3.8, 4) is 0 Å². The van der Waals surface area contributed by atoms with Crippen LogP contribution in [-0.2, 0) is 12.4 Å². The number of fused-ring (bicyclic) bond motifs is 1. The first-order chi connectivity index (χ1) is 13.3. The second-order valence-electron chi connectivity index (χ2n) is 7.01. The van der Waals surface area contributed by atoms with E-state index in [1.54, 1.807) is 0 Å². The number of benzene rings is 1. The van der Waals surface area contributed by atoms with Crippen molar-refractivity contribution in [1.29, 1.82) is 0 Å². The third-order valence-electron chi connectivity index (χ3n) is 4.28. The van der Waals surface area contributed by atoms with Crippen LogP contribution in [0.3, 0.4) is 0 Å². The quantitative estimate of drug-likeness (QED) is 0.604. The Morgan fingerprint density at radius 2 is 1.52 bits per heavy atom. The van der Waals surface area contributed by atoms with Crippen LogP contribution in [0.4, 0.5) is 32.2 Å². The lowest BCUT2D eigenvalue weighted by Gasteiger charge is -2.32. The van der Waals surface area contributed by atoms with Crippen LogP contribution in [0.25, 0.3) is 5.65 Å².